The number of amides is 2. The van der Waals surface area contributed by atoms with Gasteiger partial charge in [0, 0.05) is 25.7 Å². The Bertz CT molecular complexity index is 561. The number of hydrogen-bond donors (Lipinski definition) is 1. The van der Waals surface area contributed by atoms with E-state index in [0.29, 0.717) is 13.1 Å². The molecular formula is C16H22N2O3. The third-order valence-corrected chi connectivity index (χ3v) is 3.19. The molecule has 1 N–H and O–H groups in total. The van der Waals surface area contributed by atoms with E-state index >= 15 is 0 Å². The number of fused-ring (bicyclic) bond motifs is 1. The number of benzene rings is 1. The first kappa shape index (κ1) is 15.4. The molecule has 0 spiro atoms. The average molecular weight is 290 g/mol. The van der Waals surface area contributed by atoms with Crippen LogP contribution >= 0.6 is 0 Å². The lowest BCUT2D eigenvalue weighted by molar-refractivity contribution is -0.114. The van der Waals surface area contributed by atoms with Crippen LogP contribution in [0.3, 0.4) is 0 Å². The van der Waals surface area contributed by atoms with Gasteiger partial charge < -0.3 is 15.0 Å². The molecule has 5 nitrogen and oxygen atoms in total. The van der Waals surface area contributed by atoms with Crippen LogP contribution < -0.4 is 5.32 Å². The summed E-state index contributed by atoms with van der Waals surface area (Å²) in [6.45, 7) is 8.22. The van der Waals surface area contributed by atoms with Crippen LogP contribution in [0.5, 0.6) is 0 Å². The topological polar surface area (TPSA) is 58.6 Å². The summed E-state index contributed by atoms with van der Waals surface area (Å²) in [5.41, 5.74) is 2.53. The molecule has 0 aliphatic carbocycles. The molecule has 0 fully saturated rings. The molecule has 1 aromatic carbocycles. The molecular weight excluding hydrogens is 268 g/mol. The molecule has 0 bridgehead atoms. The van der Waals surface area contributed by atoms with Crippen LogP contribution in [0, 0.1) is 0 Å². The lowest BCUT2D eigenvalue weighted by atomic mass is 9.99. The van der Waals surface area contributed by atoms with Gasteiger partial charge in [0.1, 0.15) is 5.60 Å². The fourth-order valence-corrected chi connectivity index (χ4v) is 2.32. The van der Waals surface area contributed by atoms with Gasteiger partial charge >= 0.3 is 6.09 Å². The Balaban J connectivity index is 2.11. The second-order valence-corrected chi connectivity index (χ2v) is 6.32. The van der Waals surface area contributed by atoms with E-state index < -0.39 is 5.60 Å². The molecule has 1 aliphatic rings. The van der Waals surface area contributed by atoms with E-state index in [4.69, 9.17) is 4.74 Å². The lowest BCUT2D eigenvalue weighted by Gasteiger charge is -2.31. The number of nitrogens with zero attached hydrogens (tertiary/aromatic N) is 1. The monoisotopic (exact) mass is 290 g/mol. The highest BCUT2D eigenvalue weighted by molar-refractivity contribution is 5.88. The molecule has 1 heterocycles. The smallest absolute Gasteiger partial charge is 0.410 e. The zero-order chi connectivity index (χ0) is 15.6. The first-order valence-corrected chi connectivity index (χ1v) is 7.12. The summed E-state index contributed by atoms with van der Waals surface area (Å²) in [4.78, 5) is 24.9. The predicted octanol–water partition coefficient (Wildman–Crippen LogP) is 2.94. The minimum atomic E-state index is -0.491. The van der Waals surface area contributed by atoms with E-state index in [2.05, 4.69) is 5.32 Å². The highest BCUT2D eigenvalue weighted by Gasteiger charge is 2.25. The van der Waals surface area contributed by atoms with Gasteiger partial charge in [0.2, 0.25) is 5.91 Å². The van der Waals surface area contributed by atoms with Crippen LogP contribution in [-0.2, 0) is 22.5 Å². The quantitative estimate of drug-likeness (QED) is 0.865. The minimum absolute atomic E-state index is 0.102. The van der Waals surface area contributed by atoms with Crippen LogP contribution in [0.15, 0.2) is 18.2 Å². The lowest BCUT2D eigenvalue weighted by Crippen LogP contribution is -2.39. The summed E-state index contributed by atoms with van der Waals surface area (Å²) in [5.74, 6) is -0.102. The Morgan fingerprint density at radius 3 is 2.57 bits per heavy atom. The zero-order valence-electron chi connectivity index (χ0n) is 13.0. The number of carbonyl (C=O) groups is 2. The van der Waals surface area contributed by atoms with E-state index in [1.807, 2.05) is 39.0 Å². The van der Waals surface area contributed by atoms with E-state index in [-0.39, 0.29) is 12.0 Å². The van der Waals surface area contributed by atoms with E-state index in [1.54, 1.807) is 4.90 Å². The van der Waals surface area contributed by atoms with Crippen molar-refractivity contribution in [3.05, 3.63) is 29.3 Å². The summed E-state index contributed by atoms with van der Waals surface area (Å²) in [6.07, 6.45) is 0.507. The van der Waals surface area contributed by atoms with Gasteiger partial charge in [0.25, 0.3) is 0 Å². The van der Waals surface area contributed by atoms with Crippen molar-refractivity contribution < 1.29 is 14.3 Å². The molecule has 0 atom stereocenters. The molecule has 2 amide bonds. The van der Waals surface area contributed by atoms with E-state index in [0.717, 1.165) is 17.7 Å². The largest absolute Gasteiger partial charge is 0.444 e. The Labute approximate surface area is 125 Å². The summed E-state index contributed by atoms with van der Waals surface area (Å²) in [6, 6.07) is 5.82. The van der Waals surface area contributed by atoms with Crippen LogP contribution in [0.1, 0.15) is 38.8 Å². The van der Waals surface area contributed by atoms with E-state index in [1.165, 1.54) is 12.5 Å². The summed E-state index contributed by atoms with van der Waals surface area (Å²) >= 11 is 0. The first-order valence-electron chi connectivity index (χ1n) is 7.12. The van der Waals surface area contributed by atoms with Gasteiger partial charge in [-0.05, 0) is 50.5 Å². The van der Waals surface area contributed by atoms with Gasteiger partial charge in [0.15, 0.2) is 0 Å². The number of hydrogen-bond acceptors (Lipinski definition) is 3. The maximum Gasteiger partial charge on any atom is 0.410 e. The third-order valence-electron chi connectivity index (χ3n) is 3.19. The first-order chi connectivity index (χ1) is 9.74. The normalized spacial score (nSPS) is 14.4. The van der Waals surface area contributed by atoms with Crippen molar-refractivity contribution in [2.24, 2.45) is 0 Å². The van der Waals surface area contributed by atoms with Crippen molar-refractivity contribution in [1.29, 1.82) is 0 Å². The zero-order valence-corrected chi connectivity index (χ0v) is 13.0. The van der Waals surface area contributed by atoms with Crippen molar-refractivity contribution >= 4 is 17.7 Å². The molecule has 0 saturated heterocycles. The third kappa shape index (κ3) is 4.21. The fourth-order valence-electron chi connectivity index (χ4n) is 2.32. The Morgan fingerprint density at radius 2 is 1.95 bits per heavy atom. The van der Waals surface area contributed by atoms with Crippen LogP contribution in [0.25, 0.3) is 0 Å². The Kier molecular flexibility index (Phi) is 4.21. The van der Waals surface area contributed by atoms with Gasteiger partial charge in [-0.2, -0.15) is 0 Å². The van der Waals surface area contributed by atoms with Crippen molar-refractivity contribution in [3.8, 4) is 0 Å². The summed E-state index contributed by atoms with van der Waals surface area (Å²) in [5, 5.41) is 2.76. The molecule has 1 aromatic rings. The number of carbonyl (C=O) groups excluding carboxylic acids is 2. The van der Waals surface area contributed by atoms with Crippen LogP contribution in [0.2, 0.25) is 0 Å². The Morgan fingerprint density at radius 1 is 1.24 bits per heavy atom. The fraction of sp³-hybridized carbons (Fsp3) is 0.500. The Hall–Kier alpha value is -2.04. The van der Waals surface area contributed by atoms with Gasteiger partial charge in [0.05, 0.1) is 0 Å². The van der Waals surface area contributed by atoms with Gasteiger partial charge in [-0.1, -0.05) is 6.07 Å². The number of nitrogens with one attached hydrogen (secondary N) is 1. The maximum atomic E-state index is 12.1. The molecule has 0 saturated carbocycles. The van der Waals surface area contributed by atoms with Gasteiger partial charge in [-0.3, -0.25) is 4.79 Å². The molecule has 0 radical (unpaired) electrons. The summed E-state index contributed by atoms with van der Waals surface area (Å²) in [7, 11) is 0. The van der Waals surface area contributed by atoms with Crippen molar-refractivity contribution in [2.75, 3.05) is 11.9 Å². The summed E-state index contributed by atoms with van der Waals surface area (Å²) < 4.78 is 5.40. The van der Waals surface area contributed by atoms with Gasteiger partial charge in [-0.15, -0.1) is 0 Å². The highest BCUT2D eigenvalue weighted by Crippen LogP contribution is 2.24. The SMILES string of the molecule is CC(=O)Nc1ccc2c(c1)CN(C(=O)OC(C)(C)C)CC2. The van der Waals surface area contributed by atoms with Crippen molar-refractivity contribution in [2.45, 2.75) is 46.3 Å². The molecule has 1 aliphatic heterocycles. The number of ether oxygens (including phenoxy) is 1. The molecule has 5 heteroatoms. The highest BCUT2D eigenvalue weighted by atomic mass is 16.6. The van der Waals surface area contributed by atoms with Gasteiger partial charge in [-0.25, -0.2) is 4.79 Å². The number of anilines is 1. The molecule has 0 unspecified atom stereocenters. The maximum absolute atomic E-state index is 12.1. The number of rotatable bonds is 1. The predicted molar refractivity (Wildman–Crippen MR) is 81.1 cm³/mol. The van der Waals surface area contributed by atoms with E-state index in [9.17, 15) is 9.59 Å². The molecule has 21 heavy (non-hydrogen) atoms. The molecule has 114 valence electrons. The second-order valence-electron chi connectivity index (χ2n) is 6.32. The van der Waals surface area contributed by atoms with Crippen molar-refractivity contribution in [1.82, 2.24) is 4.90 Å². The average Bonchev–Trinajstić information content (AvgIpc) is 2.35. The minimum Gasteiger partial charge on any atom is -0.444 e. The molecule has 0 aromatic heterocycles. The molecule has 2 rings (SSSR count). The van der Waals surface area contributed by atoms with Crippen LogP contribution in [0.4, 0.5) is 10.5 Å². The van der Waals surface area contributed by atoms with Crippen molar-refractivity contribution in [3.63, 3.8) is 0 Å². The standard InChI is InChI=1S/C16H22N2O3/c1-11(19)17-14-6-5-12-7-8-18(10-13(12)9-14)15(20)21-16(2,3)4/h5-6,9H,7-8,10H2,1-4H3,(H,17,19). The second kappa shape index (κ2) is 5.76. The van der Waals surface area contributed by atoms with Crippen LogP contribution in [-0.4, -0.2) is 29.0 Å².